The lowest BCUT2D eigenvalue weighted by Gasteiger charge is -2.45. The van der Waals surface area contributed by atoms with E-state index in [1.807, 2.05) is 23.1 Å². The van der Waals surface area contributed by atoms with Crippen molar-refractivity contribution >= 4 is 11.8 Å². The Labute approximate surface area is 161 Å². The Kier molecular flexibility index (Phi) is 5.86. The van der Waals surface area contributed by atoms with Crippen LogP contribution in [-0.2, 0) is 25.5 Å². The number of carbonyl (C=O) groups is 2. The first kappa shape index (κ1) is 19.8. The minimum absolute atomic E-state index is 0.107. The van der Waals surface area contributed by atoms with E-state index in [-0.39, 0.29) is 11.8 Å². The Hall–Kier alpha value is -1.92. The average Bonchev–Trinajstić information content (AvgIpc) is 2.68. The van der Waals surface area contributed by atoms with Crippen LogP contribution in [0, 0.1) is 5.41 Å². The van der Waals surface area contributed by atoms with Crippen molar-refractivity contribution in [1.82, 2.24) is 9.80 Å². The summed E-state index contributed by atoms with van der Waals surface area (Å²) < 4.78 is 11.4. The molecule has 148 valence electrons. The molecule has 1 atom stereocenters. The molecular formula is C21H30N2O4. The molecule has 2 fully saturated rings. The number of benzene rings is 1. The summed E-state index contributed by atoms with van der Waals surface area (Å²) in [6.07, 6.45) is 2.11. The van der Waals surface area contributed by atoms with Crippen molar-refractivity contribution in [2.45, 2.75) is 31.8 Å². The van der Waals surface area contributed by atoms with Crippen molar-refractivity contribution in [3.63, 3.8) is 0 Å². The number of hydrogen-bond donors (Lipinski definition) is 0. The minimum atomic E-state index is -0.990. The highest BCUT2D eigenvalue weighted by Crippen LogP contribution is 2.37. The molecule has 1 aromatic rings. The van der Waals surface area contributed by atoms with Crippen LogP contribution in [0.15, 0.2) is 30.3 Å². The smallest absolute Gasteiger partial charge is 0.255 e. The minimum Gasteiger partial charge on any atom is -0.381 e. The quantitative estimate of drug-likeness (QED) is 0.805. The molecule has 0 bridgehead atoms. The molecule has 0 aromatic heterocycles. The van der Waals surface area contributed by atoms with E-state index in [1.165, 1.54) is 4.90 Å². The van der Waals surface area contributed by atoms with Gasteiger partial charge in [-0.2, -0.15) is 0 Å². The molecule has 0 N–H and O–H groups in total. The van der Waals surface area contributed by atoms with Gasteiger partial charge in [-0.3, -0.25) is 9.59 Å². The van der Waals surface area contributed by atoms with Gasteiger partial charge in [0, 0.05) is 33.9 Å². The van der Waals surface area contributed by atoms with Crippen LogP contribution in [0.5, 0.6) is 0 Å². The first-order valence-electron chi connectivity index (χ1n) is 9.63. The third-order valence-corrected chi connectivity index (χ3v) is 5.71. The van der Waals surface area contributed by atoms with Crippen LogP contribution >= 0.6 is 0 Å². The van der Waals surface area contributed by atoms with Crippen molar-refractivity contribution in [3.05, 3.63) is 35.9 Å². The van der Waals surface area contributed by atoms with Crippen LogP contribution in [0.25, 0.3) is 0 Å². The SMILES string of the molecule is CN(C)C(=O)[C@]1(C)CN(C(=O)C2(Cc3ccccc3)CCOCC2)CCO1. The molecule has 2 heterocycles. The fraction of sp³-hybridized carbons (Fsp3) is 0.619. The van der Waals surface area contributed by atoms with E-state index < -0.39 is 11.0 Å². The monoisotopic (exact) mass is 374 g/mol. The molecule has 0 unspecified atom stereocenters. The molecule has 6 nitrogen and oxygen atoms in total. The summed E-state index contributed by atoms with van der Waals surface area (Å²) in [5.74, 6) is 0.0137. The van der Waals surface area contributed by atoms with Crippen molar-refractivity contribution in [1.29, 1.82) is 0 Å². The Morgan fingerprint density at radius 1 is 1.11 bits per heavy atom. The number of nitrogens with zero attached hydrogens (tertiary/aromatic N) is 2. The predicted octanol–water partition coefficient (Wildman–Crippen LogP) is 1.73. The average molecular weight is 374 g/mol. The standard InChI is InChI=1S/C21H30N2O4/c1-20(18(24)22(2)3)16-23(11-14-27-20)19(25)21(9-12-26-13-10-21)15-17-7-5-4-6-8-17/h4-8H,9-16H2,1-3H3/t20-/m0/s1. The van der Waals surface area contributed by atoms with Crippen LogP contribution in [0.1, 0.15) is 25.3 Å². The van der Waals surface area contributed by atoms with Gasteiger partial charge in [0.2, 0.25) is 5.91 Å². The molecule has 2 saturated heterocycles. The molecule has 6 heteroatoms. The molecular weight excluding hydrogens is 344 g/mol. The van der Waals surface area contributed by atoms with Crippen molar-refractivity contribution in [3.8, 4) is 0 Å². The van der Waals surface area contributed by atoms with Crippen LogP contribution in [0.3, 0.4) is 0 Å². The second-order valence-corrected chi connectivity index (χ2v) is 8.06. The third kappa shape index (κ3) is 4.17. The molecule has 27 heavy (non-hydrogen) atoms. The van der Waals surface area contributed by atoms with Gasteiger partial charge in [-0.25, -0.2) is 0 Å². The van der Waals surface area contributed by atoms with E-state index in [9.17, 15) is 9.59 Å². The number of rotatable bonds is 4. The lowest BCUT2D eigenvalue weighted by molar-refractivity contribution is -0.175. The second-order valence-electron chi connectivity index (χ2n) is 8.06. The van der Waals surface area contributed by atoms with E-state index in [0.717, 1.165) is 5.56 Å². The summed E-state index contributed by atoms with van der Waals surface area (Å²) in [5, 5.41) is 0. The zero-order valence-corrected chi connectivity index (χ0v) is 16.6. The number of hydrogen-bond acceptors (Lipinski definition) is 4. The van der Waals surface area contributed by atoms with Crippen LogP contribution < -0.4 is 0 Å². The maximum absolute atomic E-state index is 13.6. The van der Waals surface area contributed by atoms with E-state index in [4.69, 9.17) is 9.47 Å². The van der Waals surface area contributed by atoms with Gasteiger partial charge in [0.15, 0.2) is 5.60 Å². The number of ether oxygens (including phenoxy) is 2. The van der Waals surface area contributed by atoms with Gasteiger partial charge < -0.3 is 19.3 Å². The van der Waals surface area contributed by atoms with Gasteiger partial charge in [-0.15, -0.1) is 0 Å². The number of morpholine rings is 1. The van der Waals surface area contributed by atoms with Crippen molar-refractivity contribution in [2.24, 2.45) is 5.41 Å². The molecule has 2 aliphatic rings. The zero-order chi connectivity index (χ0) is 19.5. The molecule has 0 radical (unpaired) electrons. The molecule has 0 spiro atoms. The predicted molar refractivity (Wildman–Crippen MR) is 102 cm³/mol. The topological polar surface area (TPSA) is 59.1 Å². The summed E-state index contributed by atoms with van der Waals surface area (Å²) >= 11 is 0. The van der Waals surface area contributed by atoms with Gasteiger partial charge >= 0.3 is 0 Å². The van der Waals surface area contributed by atoms with Gasteiger partial charge in [0.25, 0.3) is 5.91 Å². The van der Waals surface area contributed by atoms with E-state index in [2.05, 4.69) is 12.1 Å². The van der Waals surface area contributed by atoms with Crippen LogP contribution in [-0.4, -0.2) is 74.2 Å². The molecule has 2 aliphatic heterocycles. The number of carbonyl (C=O) groups excluding carboxylic acids is 2. The Morgan fingerprint density at radius 3 is 2.41 bits per heavy atom. The van der Waals surface area contributed by atoms with Gasteiger partial charge in [0.1, 0.15) is 0 Å². The fourth-order valence-electron chi connectivity index (χ4n) is 4.20. The Morgan fingerprint density at radius 2 is 1.78 bits per heavy atom. The van der Waals surface area contributed by atoms with E-state index >= 15 is 0 Å². The molecule has 1 aromatic carbocycles. The number of likely N-dealkylation sites (N-methyl/N-ethyl adjacent to an activating group) is 1. The highest BCUT2D eigenvalue weighted by atomic mass is 16.5. The molecule has 2 amide bonds. The first-order valence-corrected chi connectivity index (χ1v) is 9.63. The first-order chi connectivity index (χ1) is 12.9. The highest BCUT2D eigenvalue weighted by molar-refractivity contribution is 5.88. The van der Waals surface area contributed by atoms with Gasteiger partial charge in [0.05, 0.1) is 18.6 Å². The summed E-state index contributed by atoms with van der Waals surface area (Å²) in [7, 11) is 3.43. The lowest BCUT2D eigenvalue weighted by atomic mass is 9.73. The highest BCUT2D eigenvalue weighted by Gasteiger charge is 2.47. The number of amides is 2. The second kappa shape index (κ2) is 7.98. The lowest BCUT2D eigenvalue weighted by Crippen LogP contribution is -2.61. The fourth-order valence-corrected chi connectivity index (χ4v) is 4.20. The Balaban J connectivity index is 1.82. The van der Waals surface area contributed by atoms with Crippen molar-refractivity contribution in [2.75, 3.05) is 47.0 Å². The van der Waals surface area contributed by atoms with Crippen LogP contribution in [0.4, 0.5) is 0 Å². The molecule has 0 saturated carbocycles. The largest absolute Gasteiger partial charge is 0.381 e. The summed E-state index contributed by atoms with van der Waals surface area (Å²) in [4.78, 5) is 29.6. The van der Waals surface area contributed by atoms with E-state index in [1.54, 1.807) is 21.0 Å². The van der Waals surface area contributed by atoms with Gasteiger partial charge in [-0.1, -0.05) is 30.3 Å². The Bertz CT molecular complexity index is 670. The summed E-state index contributed by atoms with van der Waals surface area (Å²) in [5.41, 5.74) is -0.302. The maximum atomic E-state index is 13.6. The van der Waals surface area contributed by atoms with E-state index in [0.29, 0.717) is 52.2 Å². The summed E-state index contributed by atoms with van der Waals surface area (Å²) in [6, 6.07) is 10.2. The van der Waals surface area contributed by atoms with Gasteiger partial charge in [-0.05, 0) is 31.7 Å². The third-order valence-electron chi connectivity index (χ3n) is 5.71. The molecule has 3 rings (SSSR count). The van der Waals surface area contributed by atoms with Crippen LogP contribution in [0.2, 0.25) is 0 Å². The van der Waals surface area contributed by atoms with Crippen molar-refractivity contribution < 1.29 is 19.1 Å². The molecule has 0 aliphatic carbocycles. The summed E-state index contributed by atoms with van der Waals surface area (Å²) in [6.45, 7) is 4.16. The zero-order valence-electron chi connectivity index (χ0n) is 16.6. The maximum Gasteiger partial charge on any atom is 0.255 e. The normalized spacial score (nSPS) is 25.1.